The number of carbonyl (C=O) groups is 1. The number of carbonyl (C=O) groups excluding carboxylic acids is 1. The second-order valence-corrected chi connectivity index (χ2v) is 8.97. The number of hydrogen-bond acceptors (Lipinski definition) is 3. The maximum absolute atomic E-state index is 13.4. The van der Waals surface area contributed by atoms with E-state index in [0.29, 0.717) is 12.1 Å². The molecule has 1 saturated heterocycles. The first kappa shape index (κ1) is 19.4. The van der Waals surface area contributed by atoms with Gasteiger partial charge in [-0.1, -0.05) is 66.2 Å². The molecule has 0 radical (unpaired) electrons. The minimum absolute atomic E-state index is 0.176. The van der Waals surface area contributed by atoms with Crippen molar-refractivity contribution in [1.82, 2.24) is 9.21 Å². The van der Waals surface area contributed by atoms with Gasteiger partial charge in [-0.05, 0) is 36.8 Å². The second kappa shape index (κ2) is 7.81. The summed E-state index contributed by atoms with van der Waals surface area (Å²) < 4.78 is 28.1. The molecule has 0 aliphatic carbocycles. The van der Waals surface area contributed by atoms with Gasteiger partial charge in [0.15, 0.2) is 0 Å². The van der Waals surface area contributed by atoms with Crippen LogP contribution in [0.2, 0.25) is 0 Å². The molecule has 4 rings (SSSR count). The molecule has 148 valence electrons. The predicted molar refractivity (Wildman–Crippen MR) is 112 cm³/mol. The maximum Gasteiger partial charge on any atom is 0.255 e. The third-order valence-corrected chi connectivity index (χ3v) is 7.00. The van der Waals surface area contributed by atoms with Crippen LogP contribution in [0.15, 0.2) is 89.8 Å². The largest absolute Gasteiger partial charge is 0.316 e. The molecular formula is C23H22N2O3S. The van der Waals surface area contributed by atoms with Crippen molar-refractivity contribution in [3.05, 3.63) is 102 Å². The molecule has 1 fully saturated rings. The van der Waals surface area contributed by atoms with Crippen LogP contribution >= 0.6 is 0 Å². The number of benzene rings is 3. The van der Waals surface area contributed by atoms with Crippen LogP contribution in [0.25, 0.3) is 0 Å². The Morgan fingerprint density at radius 2 is 1.41 bits per heavy atom. The van der Waals surface area contributed by atoms with Gasteiger partial charge in [0.25, 0.3) is 5.91 Å². The van der Waals surface area contributed by atoms with E-state index in [2.05, 4.69) is 0 Å². The average Bonchev–Trinajstić information content (AvgIpc) is 3.21. The highest BCUT2D eigenvalue weighted by Gasteiger charge is 2.43. The lowest BCUT2D eigenvalue weighted by Crippen LogP contribution is -2.38. The van der Waals surface area contributed by atoms with E-state index in [1.165, 1.54) is 4.31 Å². The summed E-state index contributed by atoms with van der Waals surface area (Å²) in [6.45, 7) is 2.54. The standard InChI is InChI=1S/C23H22N2O3S/c1-18-12-14-20(15-13-18)23(26)24-16-17-25(22(24)19-8-4-2-5-9-19)29(27,28)21-10-6-3-7-11-21/h2-15,22H,16-17H2,1H3. The summed E-state index contributed by atoms with van der Waals surface area (Å²) >= 11 is 0. The zero-order valence-electron chi connectivity index (χ0n) is 16.1. The Labute approximate surface area is 171 Å². The van der Waals surface area contributed by atoms with E-state index >= 15 is 0 Å². The summed E-state index contributed by atoms with van der Waals surface area (Å²) in [5.74, 6) is -0.176. The van der Waals surface area contributed by atoms with E-state index in [1.54, 1.807) is 47.4 Å². The van der Waals surface area contributed by atoms with Crippen LogP contribution in [0.4, 0.5) is 0 Å². The van der Waals surface area contributed by atoms with Gasteiger partial charge in [-0.25, -0.2) is 8.42 Å². The lowest BCUT2D eigenvalue weighted by atomic mass is 10.1. The van der Waals surface area contributed by atoms with Crippen molar-refractivity contribution in [1.29, 1.82) is 0 Å². The third kappa shape index (κ3) is 3.69. The first-order valence-electron chi connectivity index (χ1n) is 9.48. The van der Waals surface area contributed by atoms with Crippen molar-refractivity contribution in [3.8, 4) is 0 Å². The molecule has 1 amide bonds. The normalized spacial score (nSPS) is 17.4. The van der Waals surface area contributed by atoms with Gasteiger partial charge in [0.1, 0.15) is 6.17 Å². The third-order valence-electron chi connectivity index (χ3n) is 5.14. The van der Waals surface area contributed by atoms with Crippen LogP contribution in [0.3, 0.4) is 0 Å². The maximum atomic E-state index is 13.4. The Hall–Kier alpha value is -2.96. The van der Waals surface area contributed by atoms with Crippen LogP contribution in [-0.4, -0.2) is 36.6 Å². The van der Waals surface area contributed by atoms with Gasteiger partial charge < -0.3 is 4.90 Å². The number of aryl methyl sites for hydroxylation is 1. The molecule has 0 N–H and O–H groups in total. The van der Waals surface area contributed by atoms with Gasteiger partial charge in [0.2, 0.25) is 10.0 Å². The zero-order chi connectivity index (χ0) is 20.4. The summed E-state index contributed by atoms with van der Waals surface area (Å²) in [6.07, 6.45) is -0.685. The van der Waals surface area contributed by atoms with Crippen molar-refractivity contribution in [2.24, 2.45) is 0 Å². The molecule has 1 heterocycles. The number of hydrogen-bond donors (Lipinski definition) is 0. The molecule has 0 saturated carbocycles. The van der Waals surface area contributed by atoms with E-state index < -0.39 is 16.2 Å². The van der Waals surface area contributed by atoms with Crippen molar-refractivity contribution < 1.29 is 13.2 Å². The summed E-state index contributed by atoms with van der Waals surface area (Å²) in [5, 5.41) is 0. The molecule has 1 unspecified atom stereocenters. The molecule has 1 aliphatic rings. The number of amides is 1. The van der Waals surface area contributed by atoms with Crippen LogP contribution < -0.4 is 0 Å². The fraction of sp³-hybridized carbons (Fsp3) is 0.174. The first-order valence-corrected chi connectivity index (χ1v) is 10.9. The van der Waals surface area contributed by atoms with Gasteiger partial charge in [-0.15, -0.1) is 0 Å². The van der Waals surface area contributed by atoms with Gasteiger partial charge in [-0.3, -0.25) is 4.79 Å². The Morgan fingerprint density at radius 3 is 2.03 bits per heavy atom. The van der Waals surface area contributed by atoms with E-state index in [9.17, 15) is 13.2 Å². The highest BCUT2D eigenvalue weighted by molar-refractivity contribution is 7.89. The second-order valence-electron chi connectivity index (χ2n) is 7.08. The molecule has 0 bridgehead atoms. The van der Waals surface area contributed by atoms with E-state index in [0.717, 1.165) is 11.1 Å². The monoisotopic (exact) mass is 406 g/mol. The molecule has 6 heteroatoms. The van der Waals surface area contributed by atoms with Crippen LogP contribution in [0.5, 0.6) is 0 Å². The molecule has 3 aromatic carbocycles. The van der Waals surface area contributed by atoms with E-state index in [-0.39, 0.29) is 17.3 Å². The van der Waals surface area contributed by atoms with E-state index in [4.69, 9.17) is 0 Å². The SMILES string of the molecule is Cc1ccc(C(=O)N2CCN(S(=O)(=O)c3ccccc3)C2c2ccccc2)cc1. The minimum Gasteiger partial charge on any atom is -0.316 e. The van der Waals surface area contributed by atoms with Gasteiger partial charge >= 0.3 is 0 Å². The smallest absolute Gasteiger partial charge is 0.255 e. The molecule has 1 atom stereocenters. The lowest BCUT2D eigenvalue weighted by Gasteiger charge is -2.30. The molecule has 29 heavy (non-hydrogen) atoms. The first-order chi connectivity index (χ1) is 14.0. The summed E-state index contributed by atoms with van der Waals surface area (Å²) in [4.78, 5) is 15.1. The summed E-state index contributed by atoms with van der Waals surface area (Å²) in [6, 6.07) is 25.0. The average molecular weight is 407 g/mol. The van der Waals surface area contributed by atoms with Crippen LogP contribution in [-0.2, 0) is 10.0 Å². The number of rotatable bonds is 4. The highest BCUT2D eigenvalue weighted by Crippen LogP contribution is 2.35. The minimum atomic E-state index is -3.75. The molecule has 5 nitrogen and oxygen atoms in total. The van der Waals surface area contributed by atoms with Gasteiger partial charge in [0, 0.05) is 18.7 Å². The van der Waals surface area contributed by atoms with Crippen molar-refractivity contribution in [3.63, 3.8) is 0 Å². The molecular weight excluding hydrogens is 384 g/mol. The topological polar surface area (TPSA) is 57.7 Å². The van der Waals surface area contributed by atoms with Crippen molar-refractivity contribution in [2.45, 2.75) is 18.0 Å². The van der Waals surface area contributed by atoms with Crippen LogP contribution in [0, 0.1) is 6.92 Å². The Kier molecular flexibility index (Phi) is 5.22. The molecule has 0 spiro atoms. The van der Waals surface area contributed by atoms with E-state index in [1.807, 2.05) is 49.4 Å². The Bertz CT molecular complexity index is 1100. The van der Waals surface area contributed by atoms with Crippen molar-refractivity contribution in [2.75, 3.05) is 13.1 Å². The quantitative estimate of drug-likeness (QED) is 0.661. The molecule has 3 aromatic rings. The number of sulfonamides is 1. The predicted octanol–water partition coefficient (Wildman–Crippen LogP) is 3.84. The highest BCUT2D eigenvalue weighted by atomic mass is 32.2. The molecule has 1 aliphatic heterocycles. The Morgan fingerprint density at radius 1 is 0.828 bits per heavy atom. The summed E-state index contributed by atoms with van der Waals surface area (Å²) in [7, 11) is -3.75. The Balaban J connectivity index is 1.76. The van der Waals surface area contributed by atoms with Crippen molar-refractivity contribution >= 4 is 15.9 Å². The van der Waals surface area contributed by atoms with Gasteiger partial charge in [0.05, 0.1) is 4.90 Å². The van der Waals surface area contributed by atoms with Gasteiger partial charge in [-0.2, -0.15) is 4.31 Å². The zero-order valence-corrected chi connectivity index (χ0v) is 16.9. The fourth-order valence-corrected chi connectivity index (χ4v) is 5.22. The summed E-state index contributed by atoms with van der Waals surface area (Å²) in [5.41, 5.74) is 2.39. The number of nitrogens with zero attached hydrogens (tertiary/aromatic N) is 2. The lowest BCUT2D eigenvalue weighted by molar-refractivity contribution is 0.0693. The fourth-order valence-electron chi connectivity index (χ4n) is 3.63. The van der Waals surface area contributed by atoms with Crippen LogP contribution in [0.1, 0.15) is 27.7 Å². The molecule has 0 aromatic heterocycles.